The fraction of sp³-hybridized carbons (Fsp3) is 0.286. The quantitative estimate of drug-likeness (QED) is 0.813. The molecule has 0 saturated heterocycles. The number of benzene rings is 1. The van der Waals surface area contributed by atoms with E-state index in [1.165, 1.54) is 22.5 Å². The van der Waals surface area contributed by atoms with E-state index < -0.39 is 16.0 Å². The number of carbonyl (C=O) groups is 1. The first kappa shape index (κ1) is 17.2. The molecule has 0 amide bonds. The lowest BCUT2D eigenvalue weighted by atomic mass is 10.4. The van der Waals surface area contributed by atoms with Crippen molar-refractivity contribution in [3.05, 3.63) is 46.1 Å². The highest BCUT2D eigenvalue weighted by molar-refractivity contribution is 7.89. The number of hydrogen-bond acceptors (Lipinski definition) is 5. The number of halogens is 2. The van der Waals surface area contributed by atoms with E-state index in [4.69, 9.17) is 32.7 Å². The molecule has 0 aliphatic heterocycles. The van der Waals surface area contributed by atoms with Crippen LogP contribution in [0.1, 0.15) is 29.2 Å². The zero-order valence-electron chi connectivity index (χ0n) is 12.1. The van der Waals surface area contributed by atoms with Crippen molar-refractivity contribution in [2.75, 3.05) is 0 Å². The number of nitrogens with zero attached hydrogens (tertiary/aromatic N) is 2. The van der Waals surface area contributed by atoms with Crippen molar-refractivity contribution in [3.63, 3.8) is 0 Å². The summed E-state index contributed by atoms with van der Waals surface area (Å²) in [5.74, 6) is -1.24. The van der Waals surface area contributed by atoms with Gasteiger partial charge in [0.1, 0.15) is 11.2 Å². The summed E-state index contributed by atoms with van der Waals surface area (Å²) in [6.07, 6.45) is 2.39. The molecule has 10 heteroatoms. The Morgan fingerprint density at radius 1 is 1.38 bits per heavy atom. The zero-order valence-corrected chi connectivity index (χ0v) is 14.5. The average Bonchev–Trinajstić information content (AvgIpc) is 3.21. The van der Waals surface area contributed by atoms with Crippen molar-refractivity contribution in [3.8, 4) is 0 Å². The molecule has 0 radical (unpaired) electrons. The molecule has 1 aliphatic carbocycles. The van der Waals surface area contributed by atoms with E-state index >= 15 is 0 Å². The third kappa shape index (κ3) is 3.41. The molecule has 0 spiro atoms. The lowest BCUT2D eigenvalue weighted by Gasteiger charge is -2.21. The summed E-state index contributed by atoms with van der Waals surface area (Å²) in [6.45, 7) is -0.167. The van der Waals surface area contributed by atoms with Crippen LogP contribution in [0.25, 0.3) is 0 Å². The van der Waals surface area contributed by atoms with Crippen molar-refractivity contribution in [2.24, 2.45) is 0 Å². The molecular weight excluding hydrogens is 379 g/mol. The first-order chi connectivity index (χ1) is 11.3. The first-order valence-electron chi connectivity index (χ1n) is 6.93. The number of aromatic nitrogens is 1. The van der Waals surface area contributed by atoms with Gasteiger partial charge in [0.25, 0.3) is 0 Å². The van der Waals surface area contributed by atoms with E-state index in [9.17, 15) is 13.2 Å². The normalized spacial score (nSPS) is 15.0. The minimum atomic E-state index is -3.90. The van der Waals surface area contributed by atoms with Gasteiger partial charge in [-0.1, -0.05) is 23.2 Å². The van der Waals surface area contributed by atoms with Gasteiger partial charge in [0.2, 0.25) is 15.9 Å². The number of rotatable bonds is 6. The summed E-state index contributed by atoms with van der Waals surface area (Å²) in [5, 5.41) is 9.22. The fourth-order valence-corrected chi connectivity index (χ4v) is 4.58. The molecule has 0 unspecified atom stereocenters. The fourth-order valence-electron chi connectivity index (χ4n) is 2.20. The minimum Gasteiger partial charge on any atom is -0.476 e. The Labute approximate surface area is 147 Å². The highest BCUT2D eigenvalue weighted by atomic mass is 35.5. The van der Waals surface area contributed by atoms with Crippen LogP contribution in [0.4, 0.5) is 0 Å². The highest BCUT2D eigenvalue weighted by Crippen LogP contribution is 2.36. The third-order valence-corrected chi connectivity index (χ3v) is 6.11. The molecule has 3 rings (SSSR count). The molecule has 1 aliphatic rings. The van der Waals surface area contributed by atoms with Gasteiger partial charge in [0, 0.05) is 11.1 Å². The monoisotopic (exact) mass is 390 g/mol. The van der Waals surface area contributed by atoms with Gasteiger partial charge in [-0.15, -0.1) is 0 Å². The molecule has 24 heavy (non-hydrogen) atoms. The summed E-state index contributed by atoms with van der Waals surface area (Å²) in [7, 11) is -3.90. The molecule has 1 aromatic carbocycles. The molecule has 1 heterocycles. The molecule has 0 bridgehead atoms. The smallest absolute Gasteiger partial charge is 0.357 e. The molecule has 128 valence electrons. The van der Waals surface area contributed by atoms with Crippen LogP contribution in [0.3, 0.4) is 0 Å². The van der Waals surface area contributed by atoms with Gasteiger partial charge in [-0.25, -0.2) is 18.2 Å². The summed E-state index contributed by atoms with van der Waals surface area (Å²) in [6, 6.07) is 3.95. The minimum absolute atomic E-state index is 0.00737. The number of carboxylic acids is 1. The van der Waals surface area contributed by atoms with E-state index in [2.05, 4.69) is 4.98 Å². The van der Waals surface area contributed by atoms with Gasteiger partial charge < -0.3 is 9.52 Å². The van der Waals surface area contributed by atoms with E-state index in [0.29, 0.717) is 17.9 Å². The summed E-state index contributed by atoms with van der Waals surface area (Å²) in [5.41, 5.74) is -0.275. The van der Waals surface area contributed by atoms with E-state index in [1.807, 2.05) is 0 Å². The largest absolute Gasteiger partial charge is 0.476 e. The van der Waals surface area contributed by atoms with Gasteiger partial charge in [-0.3, -0.25) is 0 Å². The molecule has 2 aromatic rings. The molecule has 7 nitrogen and oxygen atoms in total. The topological polar surface area (TPSA) is 101 Å². The lowest BCUT2D eigenvalue weighted by molar-refractivity contribution is 0.0690. The third-order valence-electron chi connectivity index (χ3n) is 3.50. The number of hydrogen-bond donors (Lipinski definition) is 1. The van der Waals surface area contributed by atoms with Crippen LogP contribution >= 0.6 is 23.2 Å². The summed E-state index contributed by atoms with van der Waals surface area (Å²) < 4.78 is 32.1. The maximum atomic E-state index is 12.9. The zero-order chi connectivity index (χ0) is 17.5. The second kappa shape index (κ2) is 6.36. The van der Waals surface area contributed by atoms with Crippen LogP contribution in [0.15, 0.2) is 33.8 Å². The van der Waals surface area contributed by atoms with Crippen LogP contribution in [0.2, 0.25) is 10.0 Å². The van der Waals surface area contributed by atoms with Crippen molar-refractivity contribution in [1.29, 1.82) is 0 Å². The Morgan fingerprint density at radius 3 is 2.62 bits per heavy atom. The van der Waals surface area contributed by atoms with Crippen molar-refractivity contribution in [2.45, 2.75) is 30.3 Å². The Hall–Kier alpha value is -1.61. The molecule has 1 saturated carbocycles. The molecule has 1 fully saturated rings. The Morgan fingerprint density at radius 2 is 2.08 bits per heavy atom. The van der Waals surface area contributed by atoms with Gasteiger partial charge in [-0.2, -0.15) is 4.31 Å². The average molecular weight is 391 g/mol. The molecule has 1 aromatic heterocycles. The first-order valence-corrected chi connectivity index (χ1v) is 9.13. The van der Waals surface area contributed by atoms with E-state index in [-0.39, 0.29) is 34.1 Å². The second-order valence-corrected chi connectivity index (χ2v) is 7.99. The maximum absolute atomic E-state index is 12.9. The standard InChI is InChI=1S/C14H12Cl2N2O5S/c15-8-1-4-12(10(16)5-8)24(21,22)18(9-2-3-9)6-13-17-11(7-23-13)14(19)20/h1,4-5,7,9H,2-3,6H2,(H,19,20). The lowest BCUT2D eigenvalue weighted by Crippen LogP contribution is -2.33. The van der Waals surface area contributed by atoms with Crippen molar-refractivity contribution >= 4 is 39.2 Å². The molecular formula is C14H12Cl2N2O5S. The number of oxazole rings is 1. The van der Waals surface area contributed by atoms with Gasteiger partial charge in [0.05, 0.1) is 11.6 Å². The Bertz CT molecular complexity index is 892. The van der Waals surface area contributed by atoms with Crippen LogP contribution in [-0.4, -0.2) is 34.8 Å². The van der Waals surface area contributed by atoms with Gasteiger partial charge in [0.15, 0.2) is 5.69 Å². The predicted octanol–water partition coefficient (Wildman–Crippen LogP) is 3.03. The van der Waals surface area contributed by atoms with Crippen molar-refractivity contribution in [1.82, 2.24) is 9.29 Å². The second-order valence-electron chi connectivity index (χ2n) is 5.29. The van der Waals surface area contributed by atoms with Crippen LogP contribution in [0.5, 0.6) is 0 Å². The Balaban J connectivity index is 1.93. The predicted molar refractivity (Wildman–Crippen MR) is 85.7 cm³/mol. The van der Waals surface area contributed by atoms with Gasteiger partial charge in [-0.05, 0) is 31.0 Å². The van der Waals surface area contributed by atoms with E-state index in [1.54, 1.807) is 0 Å². The highest BCUT2D eigenvalue weighted by Gasteiger charge is 2.40. The Kier molecular flexibility index (Phi) is 4.56. The van der Waals surface area contributed by atoms with Crippen LogP contribution < -0.4 is 0 Å². The van der Waals surface area contributed by atoms with Crippen LogP contribution in [0, 0.1) is 0 Å². The number of aromatic carboxylic acids is 1. The number of sulfonamides is 1. The SMILES string of the molecule is O=C(O)c1coc(CN(C2CC2)S(=O)(=O)c2ccc(Cl)cc2Cl)n1. The molecule has 1 N–H and O–H groups in total. The summed E-state index contributed by atoms with van der Waals surface area (Å²) >= 11 is 11.8. The van der Waals surface area contributed by atoms with Crippen molar-refractivity contribution < 1.29 is 22.7 Å². The van der Waals surface area contributed by atoms with Gasteiger partial charge >= 0.3 is 5.97 Å². The molecule has 0 atom stereocenters. The maximum Gasteiger partial charge on any atom is 0.357 e. The number of carboxylic acid groups (broad SMARTS) is 1. The summed E-state index contributed by atoms with van der Waals surface area (Å²) in [4.78, 5) is 14.6. The van der Waals surface area contributed by atoms with E-state index in [0.717, 1.165) is 6.26 Å². The van der Waals surface area contributed by atoms with Crippen LogP contribution in [-0.2, 0) is 16.6 Å².